The Kier molecular flexibility index (Phi) is 3.58. The molecule has 22 heavy (non-hydrogen) atoms. The van der Waals surface area contributed by atoms with E-state index in [1.165, 1.54) is 17.3 Å². The number of aromatic nitrogens is 4. The fourth-order valence-corrected chi connectivity index (χ4v) is 1.94. The summed E-state index contributed by atoms with van der Waals surface area (Å²) in [6, 6.07) is 12.0. The zero-order valence-electron chi connectivity index (χ0n) is 11.3. The molecule has 0 spiro atoms. The van der Waals surface area contributed by atoms with Gasteiger partial charge in [0.1, 0.15) is 12.7 Å². The molecule has 1 aromatic carbocycles. The minimum Gasteiger partial charge on any atom is -0.322 e. The van der Waals surface area contributed by atoms with Crippen LogP contribution in [0.1, 0.15) is 15.9 Å². The molecule has 0 saturated heterocycles. The average molecular weight is 290 g/mol. The van der Waals surface area contributed by atoms with Crippen molar-refractivity contribution in [1.29, 1.82) is 5.26 Å². The van der Waals surface area contributed by atoms with Gasteiger partial charge in [0.2, 0.25) is 0 Å². The van der Waals surface area contributed by atoms with Gasteiger partial charge in [-0.05, 0) is 30.3 Å². The number of carbonyl (C=O) groups is 1. The number of nitrogens with one attached hydrogen (secondary N) is 1. The summed E-state index contributed by atoms with van der Waals surface area (Å²) in [6.45, 7) is 0. The molecule has 0 saturated carbocycles. The Morgan fingerprint density at radius 3 is 2.95 bits per heavy atom. The summed E-state index contributed by atoms with van der Waals surface area (Å²) in [5, 5.41) is 15.6. The van der Waals surface area contributed by atoms with Crippen LogP contribution in [-0.2, 0) is 0 Å². The Balaban J connectivity index is 1.91. The summed E-state index contributed by atoms with van der Waals surface area (Å²) in [6.07, 6.45) is 4.41. The quantitative estimate of drug-likeness (QED) is 0.793. The second-order valence-electron chi connectivity index (χ2n) is 4.36. The minimum absolute atomic E-state index is 0.339. The van der Waals surface area contributed by atoms with E-state index in [9.17, 15) is 4.79 Å². The molecule has 106 valence electrons. The normalized spacial score (nSPS) is 9.95. The van der Waals surface area contributed by atoms with Gasteiger partial charge in [-0.3, -0.25) is 4.79 Å². The van der Waals surface area contributed by atoms with Crippen LogP contribution < -0.4 is 5.32 Å². The van der Waals surface area contributed by atoms with Crippen LogP contribution in [0, 0.1) is 11.3 Å². The van der Waals surface area contributed by atoms with Crippen molar-refractivity contribution in [2.24, 2.45) is 0 Å². The first-order chi connectivity index (χ1) is 10.8. The lowest BCUT2D eigenvalue weighted by Gasteiger charge is -2.09. The molecule has 2 aromatic heterocycles. The lowest BCUT2D eigenvalue weighted by molar-refractivity contribution is 0.102. The van der Waals surface area contributed by atoms with Crippen LogP contribution in [0.15, 0.2) is 55.2 Å². The summed E-state index contributed by atoms with van der Waals surface area (Å²) in [7, 11) is 0. The maximum atomic E-state index is 12.4. The molecule has 0 fully saturated rings. The molecule has 0 bridgehead atoms. The summed E-state index contributed by atoms with van der Waals surface area (Å²) >= 11 is 0. The number of nitriles is 1. The molecule has 1 N–H and O–H groups in total. The highest BCUT2D eigenvalue weighted by atomic mass is 16.1. The largest absolute Gasteiger partial charge is 0.322 e. The Morgan fingerprint density at radius 1 is 1.27 bits per heavy atom. The van der Waals surface area contributed by atoms with Crippen LogP contribution >= 0.6 is 0 Å². The number of nitrogens with zero attached hydrogens (tertiary/aromatic N) is 5. The van der Waals surface area contributed by atoms with Crippen molar-refractivity contribution in [2.75, 3.05) is 5.32 Å². The van der Waals surface area contributed by atoms with Crippen molar-refractivity contribution in [2.45, 2.75) is 0 Å². The van der Waals surface area contributed by atoms with Crippen LogP contribution in [0.2, 0.25) is 0 Å². The third-order valence-electron chi connectivity index (χ3n) is 2.92. The Hall–Kier alpha value is -3.53. The van der Waals surface area contributed by atoms with Gasteiger partial charge in [0, 0.05) is 11.9 Å². The zero-order valence-corrected chi connectivity index (χ0v) is 11.3. The predicted molar refractivity (Wildman–Crippen MR) is 78.3 cm³/mol. The van der Waals surface area contributed by atoms with E-state index in [4.69, 9.17) is 5.26 Å². The van der Waals surface area contributed by atoms with Crippen LogP contribution in [0.25, 0.3) is 5.82 Å². The topological polar surface area (TPSA) is 96.5 Å². The fraction of sp³-hybridized carbons (Fsp3) is 0. The Bertz CT molecular complexity index is 850. The number of pyridine rings is 1. The molecule has 7 heteroatoms. The summed E-state index contributed by atoms with van der Waals surface area (Å²) in [5.41, 5.74) is 1.37. The van der Waals surface area contributed by atoms with E-state index < -0.39 is 0 Å². The molecule has 0 atom stereocenters. The molecule has 0 aliphatic rings. The van der Waals surface area contributed by atoms with Gasteiger partial charge in [0.05, 0.1) is 17.2 Å². The van der Waals surface area contributed by atoms with Crippen LogP contribution in [-0.4, -0.2) is 25.7 Å². The number of anilines is 1. The van der Waals surface area contributed by atoms with E-state index in [2.05, 4.69) is 20.4 Å². The smallest absolute Gasteiger partial charge is 0.259 e. The van der Waals surface area contributed by atoms with Gasteiger partial charge in [-0.15, -0.1) is 0 Å². The third-order valence-corrected chi connectivity index (χ3v) is 2.92. The second-order valence-corrected chi connectivity index (χ2v) is 4.36. The van der Waals surface area contributed by atoms with Gasteiger partial charge in [-0.2, -0.15) is 10.4 Å². The first kappa shape index (κ1) is 13.5. The van der Waals surface area contributed by atoms with E-state index in [1.54, 1.807) is 42.6 Å². The van der Waals surface area contributed by atoms with Gasteiger partial charge < -0.3 is 5.32 Å². The zero-order chi connectivity index (χ0) is 15.4. The molecule has 3 aromatic rings. The van der Waals surface area contributed by atoms with E-state index in [1.807, 2.05) is 6.07 Å². The van der Waals surface area contributed by atoms with E-state index in [0.717, 1.165) is 0 Å². The molecule has 1 amide bonds. The number of amides is 1. The predicted octanol–water partition coefficient (Wildman–Crippen LogP) is 1.79. The van der Waals surface area contributed by atoms with Gasteiger partial charge >= 0.3 is 0 Å². The van der Waals surface area contributed by atoms with Gasteiger partial charge in [-0.1, -0.05) is 6.07 Å². The fourth-order valence-electron chi connectivity index (χ4n) is 1.94. The first-order valence-electron chi connectivity index (χ1n) is 6.39. The van der Waals surface area contributed by atoms with Crippen LogP contribution in [0.5, 0.6) is 0 Å². The van der Waals surface area contributed by atoms with Crippen molar-refractivity contribution in [3.63, 3.8) is 0 Å². The maximum Gasteiger partial charge on any atom is 0.259 e. The van der Waals surface area contributed by atoms with Crippen molar-refractivity contribution in [3.8, 4) is 11.9 Å². The van der Waals surface area contributed by atoms with E-state index in [-0.39, 0.29) is 5.91 Å². The standard InChI is InChI=1S/C15H10N6O/c16-8-11-3-1-4-12(7-11)20-15(22)13-5-2-6-18-14(13)21-10-17-9-19-21/h1-7,9-10H,(H,20,22). The average Bonchev–Trinajstić information content (AvgIpc) is 3.09. The summed E-state index contributed by atoms with van der Waals surface area (Å²) in [4.78, 5) is 20.4. The SMILES string of the molecule is N#Cc1cccc(NC(=O)c2cccnc2-n2cncn2)c1. The van der Waals surface area contributed by atoms with Crippen molar-refractivity contribution < 1.29 is 4.79 Å². The van der Waals surface area contributed by atoms with Crippen molar-refractivity contribution in [1.82, 2.24) is 19.7 Å². The van der Waals surface area contributed by atoms with E-state index in [0.29, 0.717) is 22.6 Å². The highest BCUT2D eigenvalue weighted by Crippen LogP contribution is 2.14. The number of hydrogen-bond acceptors (Lipinski definition) is 5. The molecule has 7 nitrogen and oxygen atoms in total. The molecule has 0 aliphatic heterocycles. The molecule has 0 aliphatic carbocycles. The van der Waals surface area contributed by atoms with Crippen molar-refractivity contribution >= 4 is 11.6 Å². The molecular formula is C15H10N6O. The van der Waals surface area contributed by atoms with Crippen LogP contribution in [0.3, 0.4) is 0 Å². The molecule has 0 unspecified atom stereocenters. The van der Waals surface area contributed by atoms with Crippen LogP contribution in [0.4, 0.5) is 5.69 Å². The monoisotopic (exact) mass is 290 g/mol. The number of benzene rings is 1. The lowest BCUT2D eigenvalue weighted by Crippen LogP contribution is -2.16. The number of carbonyl (C=O) groups excluding carboxylic acids is 1. The minimum atomic E-state index is -0.339. The second kappa shape index (κ2) is 5.85. The Labute approximate surface area is 125 Å². The lowest BCUT2D eigenvalue weighted by atomic mass is 10.2. The Morgan fingerprint density at radius 2 is 2.18 bits per heavy atom. The third kappa shape index (κ3) is 2.66. The van der Waals surface area contributed by atoms with Crippen molar-refractivity contribution in [3.05, 3.63) is 66.4 Å². The van der Waals surface area contributed by atoms with E-state index >= 15 is 0 Å². The maximum absolute atomic E-state index is 12.4. The van der Waals surface area contributed by atoms with Gasteiger partial charge in [-0.25, -0.2) is 14.6 Å². The molecule has 2 heterocycles. The van der Waals surface area contributed by atoms with Gasteiger partial charge in [0.15, 0.2) is 5.82 Å². The summed E-state index contributed by atoms with van der Waals surface area (Å²) in [5.74, 6) is 0.0441. The number of hydrogen-bond donors (Lipinski definition) is 1. The van der Waals surface area contributed by atoms with Gasteiger partial charge in [0.25, 0.3) is 5.91 Å². The number of rotatable bonds is 3. The molecule has 0 radical (unpaired) electrons. The first-order valence-corrected chi connectivity index (χ1v) is 6.39. The molecule has 3 rings (SSSR count). The highest BCUT2D eigenvalue weighted by Gasteiger charge is 2.14. The highest BCUT2D eigenvalue weighted by molar-refractivity contribution is 6.06. The summed E-state index contributed by atoms with van der Waals surface area (Å²) < 4.78 is 1.42. The molecular weight excluding hydrogens is 280 g/mol.